The van der Waals surface area contributed by atoms with Crippen LogP contribution in [-0.2, 0) is 4.79 Å². The molecule has 1 aliphatic rings. The van der Waals surface area contributed by atoms with Gasteiger partial charge in [0.25, 0.3) is 11.5 Å². The first-order chi connectivity index (χ1) is 11.0. The number of likely N-dealkylation sites (tertiary alicyclic amines) is 1. The highest BCUT2D eigenvalue weighted by atomic mass is 16.4. The third-order valence-electron chi connectivity index (χ3n) is 3.90. The Morgan fingerprint density at radius 1 is 1.30 bits per heavy atom. The van der Waals surface area contributed by atoms with Crippen LogP contribution in [0.3, 0.4) is 0 Å². The smallest absolute Gasteiger partial charge is 0.327 e. The zero-order valence-corrected chi connectivity index (χ0v) is 12.0. The molecule has 0 aromatic carbocycles. The van der Waals surface area contributed by atoms with E-state index < -0.39 is 23.1 Å². The number of aromatic amines is 2. The maximum Gasteiger partial charge on any atom is 0.327 e. The largest absolute Gasteiger partial charge is 0.481 e. The Hall–Kier alpha value is -2.97. The van der Waals surface area contributed by atoms with Crippen molar-refractivity contribution in [2.75, 3.05) is 13.1 Å². The zero-order chi connectivity index (χ0) is 16.6. The number of pyridine rings is 1. The standard InChI is InChI=1S/C14H14N4O5/c19-11-9-4-8(5-15-10(9)16-14(23)17-11)12(20)18-3-1-2-7(6-18)13(21)22/h4-5,7H,1-3,6H2,(H,21,22)(H2,15,16,17,19,23). The lowest BCUT2D eigenvalue weighted by molar-refractivity contribution is -0.143. The van der Waals surface area contributed by atoms with Gasteiger partial charge in [0.1, 0.15) is 5.65 Å². The first-order valence-electron chi connectivity index (χ1n) is 7.10. The van der Waals surface area contributed by atoms with Crippen LogP contribution in [-0.4, -0.2) is 49.9 Å². The van der Waals surface area contributed by atoms with E-state index >= 15 is 0 Å². The summed E-state index contributed by atoms with van der Waals surface area (Å²) in [5.41, 5.74) is -1.03. The predicted molar refractivity (Wildman–Crippen MR) is 79.2 cm³/mol. The van der Waals surface area contributed by atoms with E-state index in [9.17, 15) is 19.2 Å². The Morgan fingerprint density at radius 2 is 2.09 bits per heavy atom. The fraction of sp³-hybridized carbons (Fsp3) is 0.357. The van der Waals surface area contributed by atoms with Crippen LogP contribution in [0.15, 0.2) is 21.9 Å². The molecule has 0 spiro atoms. The van der Waals surface area contributed by atoms with Crippen LogP contribution in [0.2, 0.25) is 0 Å². The summed E-state index contributed by atoms with van der Waals surface area (Å²) in [5, 5.41) is 9.18. The Kier molecular flexibility index (Phi) is 3.68. The number of nitrogens with one attached hydrogen (secondary N) is 2. The number of carbonyl (C=O) groups excluding carboxylic acids is 1. The Bertz CT molecular complexity index is 900. The normalized spacial score (nSPS) is 18.1. The molecule has 0 radical (unpaired) electrons. The van der Waals surface area contributed by atoms with E-state index in [1.807, 2.05) is 0 Å². The number of aliphatic carboxylic acids is 1. The number of amides is 1. The number of rotatable bonds is 2. The van der Waals surface area contributed by atoms with Crippen molar-refractivity contribution in [3.8, 4) is 0 Å². The fourth-order valence-corrected chi connectivity index (χ4v) is 2.71. The number of nitrogens with zero attached hydrogens (tertiary/aromatic N) is 2. The average molecular weight is 318 g/mol. The lowest BCUT2D eigenvalue weighted by Crippen LogP contribution is -2.42. The Morgan fingerprint density at radius 3 is 2.83 bits per heavy atom. The van der Waals surface area contributed by atoms with Gasteiger partial charge in [-0.15, -0.1) is 0 Å². The molecule has 1 amide bonds. The third kappa shape index (κ3) is 2.85. The molecule has 0 aliphatic carbocycles. The van der Waals surface area contributed by atoms with Crippen LogP contribution in [0.4, 0.5) is 0 Å². The molecule has 9 heteroatoms. The van der Waals surface area contributed by atoms with Crippen LogP contribution in [0.25, 0.3) is 11.0 Å². The van der Waals surface area contributed by atoms with Gasteiger partial charge in [-0.1, -0.05) is 0 Å². The summed E-state index contributed by atoms with van der Waals surface area (Å²) in [7, 11) is 0. The molecule has 3 rings (SSSR count). The number of piperidine rings is 1. The molecule has 1 unspecified atom stereocenters. The highest BCUT2D eigenvalue weighted by Gasteiger charge is 2.28. The molecule has 9 nitrogen and oxygen atoms in total. The van der Waals surface area contributed by atoms with Gasteiger partial charge in [-0.25, -0.2) is 9.78 Å². The van der Waals surface area contributed by atoms with Gasteiger partial charge in [-0.3, -0.25) is 24.4 Å². The van der Waals surface area contributed by atoms with Crippen LogP contribution in [0.5, 0.6) is 0 Å². The summed E-state index contributed by atoms with van der Waals surface area (Å²) in [5.74, 6) is -1.88. The maximum absolute atomic E-state index is 12.5. The van der Waals surface area contributed by atoms with Crippen molar-refractivity contribution < 1.29 is 14.7 Å². The molecule has 0 saturated carbocycles. The van der Waals surface area contributed by atoms with Gasteiger partial charge in [-0.05, 0) is 18.9 Å². The lowest BCUT2D eigenvalue weighted by Gasteiger charge is -2.30. The van der Waals surface area contributed by atoms with Crippen molar-refractivity contribution in [3.63, 3.8) is 0 Å². The highest BCUT2D eigenvalue weighted by molar-refractivity contribution is 5.97. The Labute approximate surface area is 129 Å². The monoisotopic (exact) mass is 318 g/mol. The number of H-pyrrole nitrogens is 2. The molecule has 1 saturated heterocycles. The quantitative estimate of drug-likeness (QED) is 0.686. The summed E-state index contributed by atoms with van der Waals surface area (Å²) >= 11 is 0. The van der Waals surface area contributed by atoms with Crippen LogP contribution in [0, 0.1) is 5.92 Å². The molecule has 0 bridgehead atoms. The second-order valence-electron chi connectivity index (χ2n) is 5.46. The van der Waals surface area contributed by atoms with Crippen molar-refractivity contribution in [2.24, 2.45) is 5.92 Å². The van der Waals surface area contributed by atoms with Gasteiger partial charge >= 0.3 is 11.7 Å². The summed E-state index contributed by atoms with van der Waals surface area (Å²) in [6.45, 7) is 0.594. The molecule has 3 heterocycles. The molecule has 2 aromatic heterocycles. The highest BCUT2D eigenvalue weighted by Crippen LogP contribution is 2.19. The lowest BCUT2D eigenvalue weighted by atomic mass is 9.98. The maximum atomic E-state index is 12.5. The topological polar surface area (TPSA) is 136 Å². The zero-order valence-electron chi connectivity index (χ0n) is 12.0. The number of carboxylic acid groups (broad SMARTS) is 1. The second kappa shape index (κ2) is 5.67. The van der Waals surface area contributed by atoms with E-state index in [0.717, 1.165) is 0 Å². The van der Waals surface area contributed by atoms with E-state index in [0.29, 0.717) is 19.4 Å². The first-order valence-corrected chi connectivity index (χ1v) is 7.10. The van der Waals surface area contributed by atoms with Gasteiger partial charge < -0.3 is 10.0 Å². The molecule has 120 valence electrons. The second-order valence-corrected chi connectivity index (χ2v) is 5.46. The number of aromatic nitrogens is 3. The summed E-state index contributed by atoms with van der Waals surface area (Å²) in [4.78, 5) is 56.4. The van der Waals surface area contributed by atoms with Crippen molar-refractivity contribution in [1.82, 2.24) is 19.9 Å². The third-order valence-corrected chi connectivity index (χ3v) is 3.90. The van der Waals surface area contributed by atoms with Crippen molar-refractivity contribution in [3.05, 3.63) is 38.7 Å². The summed E-state index contributed by atoms with van der Waals surface area (Å²) < 4.78 is 0. The number of hydrogen-bond acceptors (Lipinski definition) is 5. The van der Waals surface area contributed by atoms with Gasteiger partial charge in [0.2, 0.25) is 0 Å². The molecular weight excluding hydrogens is 304 g/mol. The van der Waals surface area contributed by atoms with E-state index in [4.69, 9.17) is 5.11 Å². The average Bonchev–Trinajstić information content (AvgIpc) is 2.54. The van der Waals surface area contributed by atoms with Gasteiger partial charge in [-0.2, -0.15) is 0 Å². The number of fused-ring (bicyclic) bond motifs is 1. The van der Waals surface area contributed by atoms with E-state index in [1.54, 1.807) is 0 Å². The number of carboxylic acids is 1. The minimum absolute atomic E-state index is 0.0948. The Balaban J connectivity index is 1.93. The molecular formula is C14H14N4O5. The molecule has 3 N–H and O–H groups in total. The molecule has 23 heavy (non-hydrogen) atoms. The van der Waals surface area contributed by atoms with Gasteiger partial charge in [0, 0.05) is 19.3 Å². The van der Waals surface area contributed by atoms with E-state index in [1.165, 1.54) is 17.2 Å². The van der Waals surface area contributed by atoms with Crippen molar-refractivity contribution >= 4 is 22.9 Å². The molecule has 2 aromatic rings. The van der Waals surface area contributed by atoms with Crippen LogP contribution in [0.1, 0.15) is 23.2 Å². The van der Waals surface area contributed by atoms with Crippen molar-refractivity contribution in [2.45, 2.75) is 12.8 Å². The van der Waals surface area contributed by atoms with Gasteiger partial charge in [0.15, 0.2) is 0 Å². The van der Waals surface area contributed by atoms with Gasteiger partial charge in [0.05, 0.1) is 16.9 Å². The minimum Gasteiger partial charge on any atom is -0.481 e. The van der Waals surface area contributed by atoms with Crippen LogP contribution < -0.4 is 11.2 Å². The molecule has 1 atom stereocenters. The van der Waals surface area contributed by atoms with E-state index in [-0.39, 0.29) is 29.0 Å². The van der Waals surface area contributed by atoms with Crippen LogP contribution >= 0.6 is 0 Å². The number of hydrogen-bond donors (Lipinski definition) is 3. The SMILES string of the molecule is O=C(O)C1CCCN(C(=O)c2cnc3[nH]c(=O)[nH]c(=O)c3c2)C1. The fourth-order valence-electron chi connectivity index (χ4n) is 2.71. The predicted octanol–water partition coefficient (Wildman–Crippen LogP) is -0.452. The summed E-state index contributed by atoms with van der Waals surface area (Å²) in [6, 6.07) is 1.35. The number of carbonyl (C=O) groups is 2. The van der Waals surface area contributed by atoms with Crippen molar-refractivity contribution in [1.29, 1.82) is 0 Å². The summed E-state index contributed by atoms with van der Waals surface area (Å²) in [6.07, 6.45) is 2.41. The van der Waals surface area contributed by atoms with E-state index in [2.05, 4.69) is 15.0 Å². The molecule has 1 fully saturated rings. The minimum atomic E-state index is -0.923. The molecule has 1 aliphatic heterocycles. The first kappa shape index (κ1) is 14.9.